The first-order chi connectivity index (χ1) is 13.9. The van der Waals surface area contributed by atoms with Crippen LogP contribution in [-0.4, -0.2) is 36.9 Å². The van der Waals surface area contributed by atoms with Crippen molar-refractivity contribution in [3.8, 4) is 6.07 Å². The second-order valence-electron chi connectivity index (χ2n) is 5.74. The van der Waals surface area contributed by atoms with E-state index >= 15 is 0 Å². The molecular weight excluding hydrogens is 414 g/mol. The molecular formula is C19H21N3O5S2. The summed E-state index contributed by atoms with van der Waals surface area (Å²) in [5.74, 6) is -1.74. The van der Waals surface area contributed by atoms with Crippen LogP contribution in [0.3, 0.4) is 0 Å². The SMILES string of the molecule is CCOC(=O)NC(=O)CSC1=C(C#N)[C@@H](c2cccs2)C(C(=O)OCC)=C(C)N1. The maximum atomic E-state index is 12.6. The Morgan fingerprint density at radius 3 is 2.62 bits per heavy atom. The van der Waals surface area contributed by atoms with E-state index in [1.54, 1.807) is 20.8 Å². The molecule has 0 saturated heterocycles. The molecule has 0 bridgehead atoms. The van der Waals surface area contributed by atoms with Crippen molar-refractivity contribution in [3.05, 3.63) is 44.3 Å². The van der Waals surface area contributed by atoms with Gasteiger partial charge in [-0.05, 0) is 32.2 Å². The summed E-state index contributed by atoms with van der Waals surface area (Å²) >= 11 is 2.50. The van der Waals surface area contributed by atoms with Crippen molar-refractivity contribution in [1.82, 2.24) is 10.6 Å². The Labute approximate surface area is 176 Å². The number of hydrogen-bond donors (Lipinski definition) is 2. The van der Waals surface area contributed by atoms with E-state index in [2.05, 4.69) is 21.4 Å². The Morgan fingerprint density at radius 2 is 2.03 bits per heavy atom. The summed E-state index contributed by atoms with van der Waals surface area (Å²) in [6, 6.07) is 5.85. The number of amides is 2. The minimum absolute atomic E-state index is 0.106. The minimum Gasteiger partial charge on any atom is -0.463 e. The van der Waals surface area contributed by atoms with E-state index in [1.807, 2.05) is 17.5 Å². The maximum absolute atomic E-state index is 12.6. The first kappa shape index (κ1) is 22.5. The smallest absolute Gasteiger partial charge is 0.413 e. The summed E-state index contributed by atoms with van der Waals surface area (Å²) < 4.78 is 9.86. The monoisotopic (exact) mass is 435 g/mol. The van der Waals surface area contributed by atoms with Crippen LogP contribution in [0.25, 0.3) is 0 Å². The van der Waals surface area contributed by atoms with E-state index < -0.39 is 23.9 Å². The van der Waals surface area contributed by atoms with Crippen LogP contribution in [0.1, 0.15) is 31.6 Å². The highest BCUT2D eigenvalue weighted by molar-refractivity contribution is 8.03. The molecule has 0 saturated carbocycles. The highest BCUT2D eigenvalue weighted by Gasteiger charge is 2.36. The number of dihydropyridines is 1. The highest BCUT2D eigenvalue weighted by atomic mass is 32.2. The third kappa shape index (κ3) is 5.62. The van der Waals surface area contributed by atoms with Crippen molar-refractivity contribution in [2.75, 3.05) is 19.0 Å². The quantitative estimate of drug-likeness (QED) is 0.628. The molecule has 0 radical (unpaired) electrons. The van der Waals surface area contributed by atoms with Gasteiger partial charge >= 0.3 is 12.1 Å². The molecule has 1 aliphatic rings. The zero-order chi connectivity index (χ0) is 21.4. The van der Waals surface area contributed by atoms with E-state index in [1.165, 1.54) is 11.3 Å². The number of carbonyl (C=O) groups is 3. The predicted molar refractivity (Wildman–Crippen MR) is 110 cm³/mol. The Kier molecular flexibility index (Phi) is 8.30. The van der Waals surface area contributed by atoms with Crippen LogP contribution in [0.5, 0.6) is 0 Å². The molecule has 2 N–H and O–H groups in total. The molecule has 1 aromatic rings. The topological polar surface area (TPSA) is 118 Å². The number of nitriles is 1. The summed E-state index contributed by atoms with van der Waals surface area (Å²) in [6.45, 7) is 5.44. The fraction of sp³-hybridized carbons (Fsp3) is 0.368. The number of imide groups is 1. The fourth-order valence-corrected chi connectivity index (χ4v) is 4.44. The van der Waals surface area contributed by atoms with Crippen molar-refractivity contribution in [3.63, 3.8) is 0 Å². The van der Waals surface area contributed by atoms with Crippen molar-refractivity contribution < 1.29 is 23.9 Å². The largest absolute Gasteiger partial charge is 0.463 e. The van der Waals surface area contributed by atoms with Crippen molar-refractivity contribution in [2.45, 2.75) is 26.7 Å². The van der Waals surface area contributed by atoms with Gasteiger partial charge in [0.15, 0.2) is 0 Å². The summed E-state index contributed by atoms with van der Waals surface area (Å²) in [4.78, 5) is 36.7. The van der Waals surface area contributed by atoms with Crippen LogP contribution in [0, 0.1) is 11.3 Å². The number of nitrogens with one attached hydrogen (secondary N) is 2. The number of nitrogens with zero attached hydrogens (tertiary/aromatic N) is 1. The number of esters is 1. The molecule has 1 atom stereocenters. The van der Waals surface area contributed by atoms with Crippen molar-refractivity contribution >= 4 is 41.1 Å². The number of carbonyl (C=O) groups excluding carboxylic acids is 3. The number of ether oxygens (including phenoxy) is 2. The fourth-order valence-electron chi connectivity index (χ4n) is 2.70. The molecule has 0 aliphatic carbocycles. The van der Waals surface area contributed by atoms with Gasteiger partial charge in [0.05, 0.1) is 47.1 Å². The molecule has 29 heavy (non-hydrogen) atoms. The summed E-state index contributed by atoms with van der Waals surface area (Å²) in [5.41, 5.74) is 1.23. The van der Waals surface area contributed by atoms with Gasteiger partial charge in [-0.3, -0.25) is 10.1 Å². The van der Waals surface area contributed by atoms with Gasteiger partial charge < -0.3 is 14.8 Å². The molecule has 0 unspecified atom stereocenters. The van der Waals surface area contributed by atoms with Gasteiger partial charge in [0, 0.05) is 10.6 Å². The molecule has 154 valence electrons. The Bertz CT molecular complexity index is 884. The molecule has 0 fully saturated rings. The number of hydrogen-bond acceptors (Lipinski definition) is 9. The van der Waals surface area contributed by atoms with E-state index in [4.69, 9.17) is 4.74 Å². The normalized spacial score (nSPS) is 16.0. The van der Waals surface area contributed by atoms with Gasteiger partial charge in [-0.1, -0.05) is 17.8 Å². The zero-order valence-electron chi connectivity index (χ0n) is 16.2. The zero-order valence-corrected chi connectivity index (χ0v) is 17.9. The third-order valence-corrected chi connectivity index (χ3v) is 5.79. The van der Waals surface area contributed by atoms with Gasteiger partial charge in [0.25, 0.3) is 0 Å². The molecule has 8 nitrogen and oxygen atoms in total. The first-order valence-electron chi connectivity index (χ1n) is 8.84. The molecule has 1 aliphatic heterocycles. The summed E-state index contributed by atoms with van der Waals surface area (Å²) in [7, 11) is 0. The third-order valence-electron chi connectivity index (χ3n) is 3.84. The Hall–Kier alpha value is -2.77. The maximum Gasteiger partial charge on any atom is 0.413 e. The van der Waals surface area contributed by atoms with Crippen LogP contribution in [0.4, 0.5) is 4.79 Å². The van der Waals surface area contributed by atoms with Crippen LogP contribution in [-0.2, 0) is 19.1 Å². The van der Waals surface area contributed by atoms with Crippen LogP contribution in [0.2, 0.25) is 0 Å². The molecule has 0 aromatic carbocycles. The Morgan fingerprint density at radius 1 is 1.31 bits per heavy atom. The lowest BCUT2D eigenvalue weighted by Gasteiger charge is -2.28. The minimum atomic E-state index is -0.818. The van der Waals surface area contributed by atoms with E-state index in [-0.39, 0.29) is 19.0 Å². The summed E-state index contributed by atoms with van der Waals surface area (Å²) in [5, 5.41) is 17.3. The number of thioether (sulfide) groups is 1. The van der Waals surface area contributed by atoms with Gasteiger partial charge in [0.1, 0.15) is 0 Å². The number of rotatable bonds is 7. The first-order valence-corrected chi connectivity index (χ1v) is 10.7. The average Bonchev–Trinajstić information content (AvgIpc) is 3.20. The lowest BCUT2D eigenvalue weighted by molar-refractivity contribution is -0.138. The molecule has 2 heterocycles. The Balaban J connectivity index is 2.29. The standard InChI is InChI=1S/C19H21N3O5S2/c1-4-26-18(24)15-11(3)21-17(29-10-14(23)22-19(25)27-5-2)12(9-20)16(15)13-7-6-8-28-13/h6-8,16,21H,4-5,10H2,1-3H3,(H,22,23,25)/t16-/m0/s1. The second kappa shape index (κ2) is 10.7. The molecule has 10 heteroatoms. The number of alkyl carbamates (subject to hydrolysis) is 1. The second-order valence-corrected chi connectivity index (χ2v) is 7.71. The molecule has 2 rings (SSSR count). The van der Waals surface area contributed by atoms with Gasteiger partial charge in [0.2, 0.25) is 5.91 Å². The van der Waals surface area contributed by atoms with E-state index in [9.17, 15) is 19.6 Å². The van der Waals surface area contributed by atoms with E-state index in [0.29, 0.717) is 21.9 Å². The molecule has 2 amide bonds. The van der Waals surface area contributed by atoms with Gasteiger partial charge in [-0.25, -0.2) is 9.59 Å². The average molecular weight is 436 g/mol. The van der Waals surface area contributed by atoms with Crippen molar-refractivity contribution in [1.29, 1.82) is 5.26 Å². The van der Waals surface area contributed by atoms with Gasteiger partial charge in [-0.2, -0.15) is 5.26 Å². The number of thiophene rings is 1. The van der Waals surface area contributed by atoms with Crippen LogP contribution < -0.4 is 10.6 Å². The molecule has 1 aromatic heterocycles. The van der Waals surface area contributed by atoms with Crippen LogP contribution in [0.15, 0.2) is 39.4 Å². The van der Waals surface area contributed by atoms with Gasteiger partial charge in [-0.15, -0.1) is 11.3 Å². The van der Waals surface area contributed by atoms with E-state index in [0.717, 1.165) is 16.6 Å². The summed E-state index contributed by atoms with van der Waals surface area (Å²) in [6.07, 6.45) is -0.818. The lowest BCUT2D eigenvalue weighted by atomic mass is 9.87. The predicted octanol–water partition coefficient (Wildman–Crippen LogP) is 3.01. The lowest BCUT2D eigenvalue weighted by Crippen LogP contribution is -2.33. The molecule has 0 spiro atoms. The van der Waals surface area contributed by atoms with Crippen LogP contribution >= 0.6 is 23.1 Å². The highest BCUT2D eigenvalue weighted by Crippen LogP contribution is 2.42. The number of allylic oxidation sites excluding steroid dienone is 2. The van der Waals surface area contributed by atoms with Crippen molar-refractivity contribution in [2.24, 2.45) is 0 Å².